The van der Waals surface area contributed by atoms with Gasteiger partial charge in [0.1, 0.15) is 0 Å². The fraction of sp³-hybridized carbons (Fsp3) is 0.533. The number of hydrogen-bond acceptors (Lipinski definition) is 5. The SMILES string of the molecule is Cc1[nH]c(=O)[nH]c(=O)c1S(=O)(=O)Nc1cnn(CC(C)C)c1C(C)C. The maximum absolute atomic E-state index is 12.7. The Bertz CT molecular complexity index is 982. The van der Waals surface area contributed by atoms with E-state index in [1.54, 1.807) is 4.68 Å². The molecule has 0 bridgehead atoms. The molecular formula is C15H23N5O4S. The monoisotopic (exact) mass is 369 g/mol. The Hall–Kier alpha value is -2.36. The Morgan fingerprint density at radius 3 is 2.36 bits per heavy atom. The van der Waals surface area contributed by atoms with Gasteiger partial charge in [0.15, 0.2) is 4.90 Å². The molecule has 3 N–H and O–H groups in total. The summed E-state index contributed by atoms with van der Waals surface area (Å²) in [7, 11) is -4.18. The van der Waals surface area contributed by atoms with Crippen molar-refractivity contribution < 1.29 is 8.42 Å². The van der Waals surface area contributed by atoms with Crippen LogP contribution in [0.1, 0.15) is 45.0 Å². The largest absolute Gasteiger partial charge is 0.325 e. The Balaban J connectivity index is 2.51. The molecular weight excluding hydrogens is 346 g/mol. The van der Waals surface area contributed by atoms with Gasteiger partial charge < -0.3 is 4.98 Å². The minimum Gasteiger partial charge on any atom is -0.310 e. The van der Waals surface area contributed by atoms with Crippen LogP contribution in [0.4, 0.5) is 5.69 Å². The zero-order valence-electron chi connectivity index (χ0n) is 14.9. The van der Waals surface area contributed by atoms with Gasteiger partial charge in [-0.05, 0) is 18.8 Å². The van der Waals surface area contributed by atoms with Crippen LogP contribution in [0.3, 0.4) is 0 Å². The van der Waals surface area contributed by atoms with Gasteiger partial charge in [0.2, 0.25) is 0 Å². The average Bonchev–Trinajstić information content (AvgIpc) is 2.77. The molecule has 0 unspecified atom stereocenters. The standard InChI is InChI=1S/C15H23N5O4S/c1-8(2)7-20-12(9(3)4)11(6-16-20)19-25(23,24)13-10(5)17-15(22)18-14(13)21/h6,8-9,19H,7H2,1-5H3,(H2,17,18,21,22). The van der Waals surface area contributed by atoms with Crippen molar-refractivity contribution in [2.45, 2.75) is 52.0 Å². The maximum Gasteiger partial charge on any atom is 0.325 e. The van der Waals surface area contributed by atoms with E-state index in [-0.39, 0.29) is 11.6 Å². The molecule has 0 fully saturated rings. The van der Waals surface area contributed by atoms with Crippen molar-refractivity contribution >= 4 is 15.7 Å². The van der Waals surface area contributed by atoms with Crippen molar-refractivity contribution in [1.29, 1.82) is 0 Å². The van der Waals surface area contributed by atoms with Crippen LogP contribution in [-0.2, 0) is 16.6 Å². The van der Waals surface area contributed by atoms with Crippen molar-refractivity contribution in [3.63, 3.8) is 0 Å². The van der Waals surface area contributed by atoms with Crippen LogP contribution in [-0.4, -0.2) is 28.2 Å². The van der Waals surface area contributed by atoms with E-state index in [0.29, 0.717) is 18.2 Å². The number of aryl methyl sites for hydroxylation is 1. The van der Waals surface area contributed by atoms with Crippen molar-refractivity contribution in [2.24, 2.45) is 5.92 Å². The van der Waals surface area contributed by atoms with Crippen LogP contribution in [0, 0.1) is 12.8 Å². The van der Waals surface area contributed by atoms with E-state index in [1.807, 2.05) is 32.7 Å². The summed E-state index contributed by atoms with van der Waals surface area (Å²) in [5, 5.41) is 4.26. The van der Waals surface area contributed by atoms with Crippen molar-refractivity contribution in [1.82, 2.24) is 19.7 Å². The molecule has 0 amide bonds. The smallest absolute Gasteiger partial charge is 0.310 e. The van der Waals surface area contributed by atoms with E-state index in [0.717, 1.165) is 5.69 Å². The highest BCUT2D eigenvalue weighted by atomic mass is 32.2. The minimum atomic E-state index is -4.18. The average molecular weight is 369 g/mol. The van der Waals surface area contributed by atoms with E-state index in [1.165, 1.54) is 13.1 Å². The van der Waals surface area contributed by atoms with Gasteiger partial charge in [-0.3, -0.25) is 19.2 Å². The minimum absolute atomic E-state index is 0.0221. The summed E-state index contributed by atoms with van der Waals surface area (Å²) in [6.07, 6.45) is 1.43. The lowest BCUT2D eigenvalue weighted by Gasteiger charge is -2.15. The van der Waals surface area contributed by atoms with Gasteiger partial charge in [-0.25, -0.2) is 13.2 Å². The van der Waals surface area contributed by atoms with Gasteiger partial charge in [0.25, 0.3) is 15.6 Å². The summed E-state index contributed by atoms with van der Waals surface area (Å²) in [5.41, 5.74) is -0.693. The number of anilines is 1. The predicted molar refractivity (Wildman–Crippen MR) is 94.4 cm³/mol. The first kappa shape index (κ1) is 19.0. The molecule has 9 nitrogen and oxygen atoms in total. The molecule has 0 saturated heterocycles. The van der Waals surface area contributed by atoms with E-state index in [9.17, 15) is 18.0 Å². The number of H-pyrrole nitrogens is 2. The number of nitrogens with one attached hydrogen (secondary N) is 3. The lowest BCUT2D eigenvalue weighted by atomic mass is 10.1. The first-order valence-corrected chi connectivity index (χ1v) is 9.43. The fourth-order valence-corrected chi connectivity index (χ4v) is 3.98. The number of rotatable bonds is 6. The molecule has 0 aliphatic heterocycles. The first-order chi connectivity index (χ1) is 11.5. The Morgan fingerprint density at radius 2 is 1.84 bits per heavy atom. The summed E-state index contributed by atoms with van der Waals surface area (Å²) in [5.74, 6) is 0.361. The predicted octanol–water partition coefficient (Wildman–Crippen LogP) is 1.15. The third kappa shape index (κ3) is 4.01. The molecule has 2 aromatic heterocycles. The van der Waals surface area contributed by atoms with Crippen LogP contribution in [0.2, 0.25) is 0 Å². The molecule has 0 aromatic carbocycles. The molecule has 2 aromatic rings. The lowest BCUT2D eigenvalue weighted by molar-refractivity contribution is 0.462. The third-order valence-corrected chi connectivity index (χ3v) is 5.07. The third-order valence-electron chi connectivity index (χ3n) is 3.55. The Kier molecular flexibility index (Phi) is 5.21. The molecule has 2 rings (SSSR count). The van der Waals surface area contributed by atoms with Crippen molar-refractivity contribution in [2.75, 3.05) is 4.72 Å². The Labute approximate surface area is 145 Å². The number of aromatic nitrogens is 4. The zero-order valence-corrected chi connectivity index (χ0v) is 15.7. The molecule has 25 heavy (non-hydrogen) atoms. The number of hydrogen-bond donors (Lipinski definition) is 3. The summed E-state index contributed by atoms with van der Waals surface area (Å²) >= 11 is 0. The number of nitrogens with zero attached hydrogens (tertiary/aromatic N) is 2. The summed E-state index contributed by atoms with van der Waals surface area (Å²) in [6.45, 7) is 9.95. The molecule has 0 atom stereocenters. The van der Waals surface area contributed by atoms with E-state index in [4.69, 9.17) is 0 Å². The quantitative estimate of drug-likeness (QED) is 0.703. The highest BCUT2D eigenvalue weighted by molar-refractivity contribution is 7.92. The first-order valence-electron chi connectivity index (χ1n) is 7.94. The van der Waals surface area contributed by atoms with Crippen LogP contribution >= 0.6 is 0 Å². The number of aromatic amines is 2. The molecule has 0 aliphatic rings. The van der Waals surface area contributed by atoms with Crippen LogP contribution in [0.25, 0.3) is 0 Å². The number of sulfonamides is 1. The molecule has 10 heteroatoms. The maximum atomic E-state index is 12.7. The topological polar surface area (TPSA) is 130 Å². The van der Waals surface area contributed by atoms with Crippen LogP contribution < -0.4 is 16.0 Å². The van der Waals surface area contributed by atoms with Gasteiger partial charge in [-0.1, -0.05) is 27.7 Å². The normalized spacial score (nSPS) is 12.1. The van der Waals surface area contributed by atoms with Crippen LogP contribution in [0.5, 0.6) is 0 Å². The molecule has 0 radical (unpaired) electrons. The molecule has 0 aliphatic carbocycles. The summed E-state index contributed by atoms with van der Waals surface area (Å²) < 4.78 is 29.5. The molecule has 0 saturated carbocycles. The van der Waals surface area contributed by atoms with Gasteiger partial charge in [-0.15, -0.1) is 0 Å². The zero-order chi connectivity index (χ0) is 18.9. The van der Waals surface area contributed by atoms with Crippen molar-refractivity contribution in [3.8, 4) is 0 Å². The Morgan fingerprint density at radius 1 is 1.20 bits per heavy atom. The van der Waals surface area contributed by atoms with Gasteiger partial charge in [0, 0.05) is 12.2 Å². The van der Waals surface area contributed by atoms with E-state index >= 15 is 0 Å². The van der Waals surface area contributed by atoms with Crippen LogP contribution in [0.15, 0.2) is 20.7 Å². The molecule has 2 heterocycles. The second-order valence-corrected chi connectivity index (χ2v) is 8.26. The van der Waals surface area contributed by atoms with Gasteiger partial charge >= 0.3 is 5.69 Å². The summed E-state index contributed by atoms with van der Waals surface area (Å²) in [6, 6.07) is 0. The summed E-state index contributed by atoms with van der Waals surface area (Å²) in [4.78, 5) is 26.9. The second-order valence-electron chi connectivity index (χ2n) is 6.64. The van der Waals surface area contributed by atoms with E-state index in [2.05, 4.69) is 14.8 Å². The van der Waals surface area contributed by atoms with Crippen molar-refractivity contribution in [3.05, 3.63) is 38.4 Å². The second kappa shape index (κ2) is 6.87. The van der Waals surface area contributed by atoms with Gasteiger partial charge in [0.05, 0.1) is 17.6 Å². The van der Waals surface area contributed by atoms with Gasteiger partial charge in [-0.2, -0.15) is 5.10 Å². The van der Waals surface area contributed by atoms with E-state index < -0.39 is 26.2 Å². The highest BCUT2D eigenvalue weighted by Crippen LogP contribution is 2.26. The fourth-order valence-electron chi connectivity index (χ4n) is 2.68. The molecule has 0 spiro atoms. The molecule has 138 valence electrons. The highest BCUT2D eigenvalue weighted by Gasteiger charge is 2.25. The lowest BCUT2D eigenvalue weighted by Crippen LogP contribution is -2.31.